The molecule has 0 fully saturated rings. The van der Waals surface area contributed by atoms with Crippen LogP contribution in [-0.2, 0) is 13.0 Å². The molecule has 148 valence electrons. The van der Waals surface area contributed by atoms with Gasteiger partial charge in [0.25, 0.3) is 0 Å². The van der Waals surface area contributed by atoms with Crippen molar-refractivity contribution >= 4 is 6.03 Å². The van der Waals surface area contributed by atoms with Crippen molar-refractivity contribution in [3.8, 4) is 11.4 Å². The molecule has 0 spiro atoms. The number of aryl methyl sites for hydroxylation is 1. The molecule has 0 aliphatic carbocycles. The number of nitrogens with one attached hydrogen (secondary N) is 1. The lowest BCUT2D eigenvalue weighted by atomic mass is 10.2. The Hall–Kier alpha value is -3.29. The van der Waals surface area contributed by atoms with E-state index >= 15 is 0 Å². The highest BCUT2D eigenvalue weighted by Crippen LogP contribution is 2.23. The summed E-state index contributed by atoms with van der Waals surface area (Å²) in [6, 6.07) is 9.09. The number of para-hydroxylation sites is 2. The van der Waals surface area contributed by atoms with Gasteiger partial charge in [0.05, 0.1) is 31.6 Å². The highest BCUT2D eigenvalue weighted by atomic mass is 16.5. The van der Waals surface area contributed by atoms with Crippen LogP contribution in [0.25, 0.3) is 5.69 Å². The Morgan fingerprint density at radius 3 is 2.89 bits per heavy atom. The summed E-state index contributed by atoms with van der Waals surface area (Å²) in [5, 5.41) is 11.3. The standard InChI is InChI=1S/C20H25N5O3/c1-5-16-10-17(28-23-16)13-24(3)20(26)22-14(2)15-11-21-25(12-15)18-8-6-7-9-19(18)27-4/h6-12,14H,5,13H2,1-4H3,(H,22,26)/t14-/m1/s1. The van der Waals surface area contributed by atoms with Gasteiger partial charge in [0, 0.05) is 24.9 Å². The molecule has 3 aromatic rings. The molecule has 0 aliphatic rings. The molecule has 0 saturated heterocycles. The molecule has 28 heavy (non-hydrogen) atoms. The highest BCUT2D eigenvalue weighted by molar-refractivity contribution is 5.74. The number of nitrogens with zero attached hydrogens (tertiary/aromatic N) is 4. The van der Waals surface area contributed by atoms with E-state index in [-0.39, 0.29) is 12.1 Å². The molecule has 1 aromatic carbocycles. The molecule has 8 heteroatoms. The van der Waals surface area contributed by atoms with E-state index in [4.69, 9.17) is 9.26 Å². The van der Waals surface area contributed by atoms with Crippen LogP contribution in [0.3, 0.4) is 0 Å². The quantitative estimate of drug-likeness (QED) is 0.676. The van der Waals surface area contributed by atoms with Crippen LogP contribution in [-0.4, -0.2) is 40.0 Å². The largest absolute Gasteiger partial charge is 0.494 e. The van der Waals surface area contributed by atoms with Crippen LogP contribution in [0.2, 0.25) is 0 Å². The molecule has 3 rings (SSSR count). The number of hydrogen-bond donors (Lipinski definition) is 1. The van der Waals surface area contributed by atoms with Crippen LogP contribution < -0.4 is 10.1 Å². The van der Waals surface area contributed by atoms with Gasteiger partial charge in [-0.15, -0.1) is 0 Å². The number of aromatic nitrogens is 3. The van der Waals surface area contributed by atoms with Crippen molar-refractivity contribution in [3.63, 3.8) is 0 Å². The zero-order valence-corrected chi connectivity index (χ0v) is 16.5. The molecule has 0 bridgehead atoms. The number of hydrogen-bond acceptors (Lipinski definition) is 5. The number of benzene rings is 1. The Labute approximate surface area is 164 Å². The lowest BCUT2D eigenvalue weighted by Gasteiger charge is -2.19. The summed E-state index contributed by atoms with van der Waals surface area (Å²) in [6.07, 6.45) is 4.42. The fourth-order valence-corrected chi connectivity index (χ4v) is 2.79. The van der Waals surface area contributed by atoms with Gasteiger partial charge in [0.1, 0.15) is 11.4 Å². The second-order valence-corrected chi connectivity index (χ2v) is 6.56. The molecule has 8 nitrogen and oxygen atoms in total. The Bertz CT molecular complexity index is 933. The molecular formula is C20H25N5O3. The lowest BCUT2D eigenvalue weighted by molar-refractivity contribution is 0.197. The van der Waals surface area contributed by atoms with Crippen molar-refractivity contribution in [1.82, 2.24) is 25.2 Å². The van der Waals surface area contributed by atoms with Gasteiger partial charge in [-0.3, -0.25) is 0 Å². The summed E-state index contributed by atoms with van der Waals surface area (Å²) in [5.74, 6) is 1.39. The van der Waals surface area contributed by atoms with Crippen molar-refractivity contribution < 1.29 is 14.1 Å². The third-order valence-electron chi connectivity index (χ3n) is 4.48. The Balaban J connectivity index is 1.63. The maximum Gasteiger partial charge on any atom is 0.318 e. The first-order valence-electron chi connectivity index (χ1n) is 9.15. The van der Waals surface area contributed by atoms with Crippen LogP contribution >= 0.6 is 0 Å². The van der Waals surface area contributed by atoms with Crippen LogP contribution in [0.1, 0.15) is 36.9 Å². The Kier molecular flexibility index (Phi) is 5.98. The van der Waals surface area contributed by atoms with E-state index in [9.17, 15) is 4.79 Å². The van der Waals surface area contributed by atoms with Gasteiger partial charge in [-0.05, 0) is 25.5 Å². The molecule has 2 aromatic heterocycles. The predicted octanol–water partition coefficient (Wildman–Crippen LogP) is 3.33. The monoisotopic (exact) mass is 383 g/mol. The highest BCUT2D eigenvalue weighted by Gasteiger charge is 2.17. The van der Waals surface area contributed by atoms with Gasteiger partial charge in [0.2, 0.25) is 0 Å². The smallest absolute Gasteiger partial charge is 0.318 e. The van der Waals surface area contributed by atoms with E-state index in [2.05, 4.69) is 15.6 Å². The normalized spacial score (nSPS) is 11.9. The van der Waals surface area contributed by atoms with Crippen LogP contribution in [0.5, 0.6) is 5.75 Å². The maximum absolute atomic E-state index is 12.5. The van der Waals surface area contributed by atoms with E-state index in [1.165, 1.54) is 0 Å². The first-order chi connectivity index (χ1) is 13.5. The lowest BCUT2D eigenvalue weighted by Crippen LogP contribution is -2.38. The maximum atomic E-state index is 12.5. The van der Waals surface area contributed by atoms with Crippen molar-refractivity contribution in [1.29, 1.82) is 0 Å². The van der Waals surface area contributed by atoms with Gasteiger partial charge in [-0.25, -0.2) is 9.48 Å². The van der Waals surface area contributed by atoms with E-state index in [1.807, 2.05) is 50.4 Å². The first-order valence-corrected chi connectivity index (χ1v) is 9.15. The number of rotatable bonds is 7. The van der Waals surface area contributed by atoms with Crippen molar-refractivity contribution in [3.05, 3.63) is 59.7 Å². The minimum absolute atomic E-state index is 0.202. The average Bonchev–Trinajstić information content (AvgIpc) is 3.37. The average molecular weight is 383 g/mol. The summed E-state index contributed by atoms with van der Waals surface area (Å²) in [6.45, 7) is 4.27. The van der Waals surface area contributed by atoms with E-state index in [1.54, 1.807) is 29.9 Å². The van der Waals surface area contributed by atoms with E-state index in [0.29, 0.717) is 12.3 Å². The summed E-state index contributed by atoms with van der Waals surface area (Å²) in [7, 11) is 3.34. The Morgan fingerprint density at radius 2 is 2.18 bits per heavy atom. The number of carbonyl (C=O) groups is 1. The summed E-state index contributed by atoms with van der Waals surface area (Å²) in [4.78, 5) is 14.0. The number of methoxy groups -OCH3 is 1. The molecule has 1 N–H and O–H groups in total. The fourth-order valence-electron chi connectivity index (χ4n) is 2.79. The molecule has 0 radical (unpaired) electrons. The van der Waals surface area contributed by atoms with Crippen molar-refractivity contribution in [2.24, 2.45) is 0 Å². The first kappa shape index (κ1) is 19.5. The van der Waals surface area contributed by atoms with E-state index < -0.39 is 0 Å². The van der Waals surface area contributed by atoms with Gasteiger partial charge in [-0.2, -0.15) is 5.10 Å². The van der Waals surface area contributed by atoms with Crippen LogP contribution in [0.15, 0.2) is 47.2 Å². The minimum atomic E-state index is -0.209. The zero-order valence-electron chi connectivity index (χ0n) is 16.5. The third-order valence-corrected chi connectivity index (χ3v) is 4.48. The second-order valence-electron chi connectivity index (χ2n) is 6.56. The second kappa shape index (κ2) is 8.60. The fraction of sp³-hybridized carbons (Fsp3) is 0.350. The topological polar surface area (TPSA) is 85.4 Å². The molecule has 2 amide bonds. The summed E-state index contributed by atoms with van der Waals surface area (Å²) >= 11 is 0. The third kappa shape index (κ3) is 4.33. The minimum Gasteiger partial charge on any atom is -0.494 e. The van der Waals surface area contributed by atoms with Gasteiger partial charge in [0.15, 0.2) is 5.76 Å². The number of carbonyl (C=O) groups excluding carboxylic acids is 1. The van der Waals surface area contributed by atoms with E-state index in [0.717, 1.165) is 29.1 Å². The molecule has 1 atom stereocenters. The number of amides is 2. The zero-order chi connectivity index (χ0) is 20.1. The van der Waals surface area contributed by atoms with Crippen LogP contribution in [0, 0.1) is 0 Å². The molecule has 0 aliphatic heterocycles. The number of urea groups is 1. The van der Waals surface area contributed by atoms with Crippen LogP contribution in [0.4, 0.5) is 4.79 Å². The van der Waals surface area contributed by atoms with Gasteiger partial charge >= 0.3 is 6.03 Å². The molecule has 2 heterocycles. The Morgan fingerprint density at radius 1 is 1.39 bits per heavy atom. The summed E-state index contributed by atoms with van der Waals surface area (Å²) in [5.41, 5.74) is 2.60. The van der Waals surface area contributed by atoms with Gasteiger partial charge < -0.3 is 19.5 Å². The van der Waals surface area contributed by atoms with Crippen molar-refractivity contribution in [2.75, 3.05) is 14.2 Å². The number of ether oxygens (including phenoxy) is 1. The molecule has 0 saturated carbocycles. The van der Waals surface area contributed by atoms with Gasteiger partial charge in [-0.1, -0.05) is 24.2 Å². The molecule has 0 unspecified atom stereocenters. The molecular weight excluding hydrogens is 358 g/mol. The predicted molar refractivity (Wildman–Crippen MR) is 104 cm³/mol. The van der Waals surface area contributed by atoms with Crippen molar-refractivity contribution in [2.45, 2.75) is 32.9 Å². The SMILES string of the molecule is CCc1cc(CN(C)C(=O)N[C@H](C)c2cnn(-c3ccccc3OC)c2)on1. The summed E-state index contributed by atoms with van der Waals surface area (Å²) < 4.78 is 12.4.